The van der Waals surface area contributed by atoms with Crippen LogP contribution >= 0.6 is 20.7 Å². The average molecular weight is 369 g/mol. The third-order valence-corrected chi connectivity index (χ3v) is 4.66. The SMILES string of the molecule is C=Ic1cccc(C(CCN)c2cccc(F)c2)c1. The van der Waals surface area contributed by atoms with Crippen LogP contribution in [0, 0.1) is 9.39 Å². The maximum absolute atomic E-state index is 13.4. The van der Waals surface area contributed by atoms with Gasteiger partial charge in [-0.05, 0) is 48.4 Å². The first-order chi connectivity index (χ1) is 9.24. The van der Waals surface area contributed by atoms with Crippen molar-refractivity contribution in [2.75, 3.05) is 6.54 Å². The molecule has 19 heavy (non-hydrogen) atoms. The summed E-state index contributed by atoms with van der Waals surface area (Å²) in [5.74, 6) is -0.0310. The highest BCUT2D eigenvalue weighted by Gasteiger charge is 2.14. The molecule has 0 aliphatic rings. The van der Waals surface area contributed by atoms with Gasteiger partial charge in [0.25, 0.3) is 0 Å². The Morgan fingerprint density at radius 2 is 1.79 bits per heavy atom. The van der Waals surface area contributed by atoms with Crippen LogP contribution in [-0.4, -0.2) is 11.1 Å². The van der Waals surface area contributed by atoms with Crippen molar-refractivity contribution in [1.82, 2.24) is 0 Å². The first-order valence-electron chi connectivity index (χ1n) is 6.18. The highest BCUT2D eigenvalue weighted by atomic mass is 127. The van der Waals surface area contributed by atoms with Crippen LogP contribution in [0.3, 0.4) is 0 Å². The molecule has 2 rings (SSSR count). The second kappa shape index (κ2) is 6.91. The first kappa shape index (κ1) is 14.3. The molecule has 0 aromatic heterocycles. The molecule has 0 aliphatic carbocycles. The summed E-state index contributed by atoms with van der Waals surface area (Å²) in [6, 6.07) is 15.2. The molecule has 0 fully saturated rings. The average Bonchev–Trinajstić information content (AvgIpc) is 2.45. The summed E-state index contributed by atoms with van der Waals surface area (Å²) in [4.78, 5) is 0. The van der Waals surface area contributed by atoms with Crippen molar-refractivity contribution in [3.8, 4) is 0 Å². The molecule has 0 radical (unpaired) electrons. The van der Waals surface area contributed by atoms with Gasteiger partial charge in [0.15, 0.2) is 0 Å². The van der Waals surface area contributed by atoms with E-state index in [1.807, 2.05) is 6.07 Å². The summed E-state index contributed by atoms with van der Waals surface area (Å²) in [6.45, 7) is 0.588. The van der Waals surface area contributed by atoms with Gasteiger partial charge < -0.3 is 5.73 Å². The van der Waals surface area contributed by atoms with E-state index in [2.05, 4.69) is 28.8 Å². The van der Waals surface area contributed by atoms with E-state index in [-0.39, 0.29) is 32.5 Å². The van der Waals surface area contributed by atoms with Gasteiger partial charge >= 0.3 is 0 Å². The van der Waals surface area contributed by atoms with E-state index in [4.69, 9.17) is 5.73 Å². The number of hydrogen-bond acceptors (Lipinski definition) is 1. The Hall–Kier alpha value is -1.07. The van der Waals surface area contributed by atoms with Gasteiger partial charge in [0, 0.05) is 9.49 Å². The molecule has 2 aromatic carbocycles. The van der Waals surface area contributed by atoms with Crippen LogP contribution in [0.1, 0.15) is 23.5 Å². The molecule has 0 amide bonds. The second-order valence-electron chi connectivity index (χ2n) is 4.37. The van der Waals surface area contributed by atoms with Gasteiger partial charge in [-0.25, -0.2) is 4.39 Å². The number of rotatable bonds is 5. The van der Waals surface area contributed by atoms with Crippen LogP contribution in [0.25, 0.3) is 0 Å². The normalized spacial score (nSPS) is 12.3. The highest BCUT2D eigenvalue weighted by molar-refractivity contribution is 14.2. The predicted molar refractivity (Wildman–Crippen MR) is 88.2 cm³/mol. The molecule has 0 saturated heterocycles. The maximum Gasteiger partial charge on any atom is 0.123 e. The number of halogens is 2. The van der Waals surface area contributed by atoms with E-state index in [1.165, 1.54) is 15.2 Å². The van der Waals surface area contributed by atoms with Crippen LogP contribution in [0.2, 0.25) is 0 Å². The van der Waals surface area contributed by atoms with Gasteiger partial charge in [-0.3, -0.25) is 0 Å². The molecule has 100 valence electrons. The molecule has 0 saturated carbocycles. The van der Waals surface area contributed by atoms with E-state index >= 15 is 0 Å². The predicted octanol–water partition coefficient (Wildman–Crippen LogP) is 3.88. The summed E-state index contributed by atoms with van der Waals surface area (Å²) in [6.07, 6.45) is 0.822. The van der Waals surface area contributed by atoms with E-state index < -0.39 is 0 Å². The third kappa shape index (κ3) is 3.70. The number of benzene rings is 2. The van der Waals surface area contributed by atoms with E-state index in [1.54, 1.807) is 12.1 Å². The lowest BCUT2D eigenvalue weighted by atomic mass is 9.88. The van der Waals surface area contributed by atoms with Crippen molar-refractivity contribution in [2.45, 2.75) is 12.3 Å². The lowest BCUT2D eigenvalue weighted by Gasteiger charge is -2.17. The van der Waals surface area contributed by atoms with Gasteiger partial charge in [0.05, 0.1) is 0 Å². The Labute approximate surface area is 123 Å². The molecule has 1 atom stereocenters. The van der Waals surface area contributed by atoms with Crippen molar-refractivity contribution in [1.29, 1.82) is 0 Å². The molecule has 3 heteroatoms. The zero-order valence-corrected chi connectivity index (χ0v) is 12.8. The molecular weight excluding hydrogens is 352 g/mol. The minimum atomic E-state index is -0.194. The van der Waals surface area contributed by atoms with Gasteiger partial charge in [-0.2, -0.15) is 0 Å². The van der Waals surface area contributed by atoms with E-state index in [0.717, 1.165) is 12.0 Å². The van der Waals surface area contributed by atoms with Crippen LogP contribution in [0.15, 0.2) is 48.5 Å². The van der Waals surface area contributed by atoms with Gasteiger partial charge in [-0.1, -0.05) is 49.5 Å². The fourth-order valence-electron chi connectivity index (χ4n) is 2.22. The monoisotopic (exact) mass is 369 g/mol. The molecular formula is C16H17FIN. The van der Waals surface area contributed by atoms with Crippen molar-refractivity contribution >= 4 is 25.2 Å². The Bertz CT molecular complexity index is 568. The maximum atomic E-state index is 13.4. The first-order valence-corrected chi connectivity index (χ1v) is 8.79. The topological polar surface area (TPSA) is 26.0 Å². The Morgan fingerprint density at radius 3 is 2.42 bits per heavy atom. The summed E-state index contributed by atoms with van der Waals surface area (Å²) >= 11 is -0.175. The van der Waals surface area contributed by atoms with Crippen LogP contribution in [0.4, 0.5) is 4.39 Å². The van der Waals surface area contributed by atoms with Crippen molar-refractivity contribution in [3.05, 3.63) is 69.0 Å². The molecule has 1 unspecified atom stereocenters. The van der Waals surface area contributed by atoms with Crippen LogP contribution in [-0.2, 0) is 0 Å². The fourth-order valence-corrected chi connectivity index (χ4v) is 3.26. The van der Waals surface area contributed by atoms with Gasteiger partial charge in [0.2, 0.25) is 0 Å². The number of hydrogen-bond donors (Lipinski definition) is 1. The molecule has 0 heterocycles. The van der Waals surface area contributed by atoms with Gasteiger partial charge in [-0.15, -0.1) is 0 Å². The van der Waals surface area contributed by atoms with Gasteiger partial charge in [0.1, 0.15) is 5.82 Å². The molecule has 2 aromatic rings. The standard InChI is InChI=1S/C16H17FIN/c1-18-15-7-3-5-13(11-15)16(8-9-19)12-4-2-6-14(17)10-12/h2-7,10-11,16H,1,8-9,19H2. The Morgan fingerprint density at radius 1 is 1.11 bits per heavy atom. The lowest BCUT2D eigenvalue weighted by Crippen LogP contribution is -2.09. The molecule has 1 nitrogen and oxygen atoms in total. The summed E-state index contributed by atoms with van der Waals surface area (Å²) in [5, 5.41) is 0. The second-order valence-corrected chi connectivity index (χ2v) is 6.38. The fraction of sp³-hybridized carbons (Fsp3) is 0.188. The summed E-state index contributed by atoms with van der Waals surface area (Å²) in [7, 11) is 0. The minimum absolute atomic E-state index is 0.163. The third-order valence-electron chi connectivity index (χ3n) is 3.11. The summed E-state index contributed by atoms with van der Waals surface area (Å²) < 4.78 is 18.7. The van der Waals surface area contributed by atoms with Crippen LogP contribution in [0.5, 0.6) is 0 Å². The Balaban J connectivity index is 2.41. The molecule has 0 aliphatic heterocycles. The van der Waals surface area contributed by atoms with Crippen molar-refractivity contribution in [3.63, 3.8) is 0 Å². The molecule has 0 spiro atoms. The van der Waals surface area contributed by atoms with E-state index in [9.17, 15) is 4.39 Å². The molecule has 2 N–H and O–H groups in total. The zero-order chi connectivity index (χ0) is 13.7. The largest absolute Gasteiger partial charge is 0.330 e. The highest BCUT2D eigenvalue weighted by Crippen LogP contribution is 2.29. The van der Waals surface area contributed by atoms with Crippen LogP contribution < -0.4 is 5.73 Å². The lowest BCUT2D eigenvalue weighted by molar-refractivity contribution is 0.620. The zero-order valence-electron chi connectivity index (χ0n) is 10.7. The van der Waals surface area contributed by atoms with Crippen molar-refractivity contribution < 1.29 is 4.39 Å². The van der Waals surface area contributed by atoms with Crippen molar-refractivity contribution in [2.24, 2.45) is 5.73 Å². The smallest absolute Gasteiger partial charge is 0.123 e. The number of nitrogens with two attached hydrogens (primary N) is 1. The quantitative estimate of drug-likeness (QED) is 0.796. The van der Waals surface area contributed by atoms with E-state index in [0.29, 0.717) is 6.54 Å². The minimum Gasteiger partial charge on any atom is -0.330 e. The summed E-state index contributed by atoms with van der Waals surface area (Å²) in [5.41, 5.74) is 7.91. The molecule has 0 bridgehead atoms. The Kier molecular flexibility index (Phi) is 5.22.